The predicted octanol–water partition coefficient (Wildman–Crippen LogP) is 1.28. The van der Waals surface area contributed by atoms with Gasteiger partial charge in [0.05, 0.1) is 0 Å². The number of hydrogen-bond donors (Lipinski definition) is 0. The third kappa shape index (κ3) is 8.85. The Morgan fingerprint density at radius 1 is 1.17 bits per heavy atom. The third-order valence-corrected chi connectivity index (χ3v) is 1.22. The van der Waals surface area contributed by atoms with E-state index in [1.165, 1.54) is 11.5 Å². The molecular weight excluding hydrogens is 94.1 g/mol. The highest BCUT2D eigenvalue weighted by Gasteiger charge is 1.67. The second kappa shape index (κ2) is 9.00. The molecule has 0 aliphatic carbocycles. The average molecular weight is 104 g/mol. The van der Waals surface area contributed by atoms with Crippen molar-refractivity contribution in [2.45, 2.75) is 13.8 Å². The Labute approximate surface area is 44.1 Å². The van der Waals surface area contributed by atoms with E-state index in [-0.39, 0.29) is 6.15 Å². The van der Waals surface area contributed by atoms with Gasteiger partial charge in [0.1, 0.15) is 0 Å². The van der Waals surface area contributed by atoms with Crippen LogP contribution in [0, 0.1) is 0 Å². The van der Waals surface area contributed by atoms with Gasteiger partial charge in [0, 0.05) is 6.15 Å². The van der Waals surface area contributed by atoms with Gasteiger partial charge in [0.15, 0.2) is 0 Å². The summed E-state index contributed by atoms with van der Waals surface area (Å²) in [5.41, 5.74) is 0. The van der Waals surface area contributed by atoms with Gasteiger partial charge in [-0.2, -0.15) is 11.8 Å². The molecule has 3 radical (unpaired) electrons. The minimum atomic E-state index is 0. The van der Waals surface area contributed by atoms with Gasteiger partial charge in [-0.3, -0.25) is 0 Å². The molecule has 0 amide bonds. The smallest absolute Gasteiger partial charge is 0 e. The quantitative estimate of drug-likeness (QED) is 0.519. The standard InChI is InChI=1S/C4H10S.N/c1-3-5-4-2;/h3-4H2,1-2H3;. The summed E-state index contributed by atoms with van der Waals surface area (Å²) in [5, 5.41) is 0. The molecule has 0 unspecified atom stereocenters. The highest BCUT2D eigenvalue weighted by molar-refractivity contribution is 7.99. The number of hydrogen-bond acceptors (Lipinski definition) is 1. The zero-order chi connectivity index (χ0) is 4.12. The fourth-order valence-corrected chi connectivity index (χ4v) is 0.612. The number of nitrogens with zero attached hydrogens (tertiary/aromatic N) is 1. The molecule has 1 nitrogen and oxygen atoms in total. The molecule has 6 heavy (non-hydrogen) atoms. The Morgan fingerprint density at radius 2 is 1.50 bits per heavy atom. The minimum Gasteiger partial charge on any atom is -0.163 e. The zero-order valence-electron chi connectivity index (χ0n) is 4.27. The van der Waals surface area contributed by atoms with Gasteiger partial charge in [0.25, 0.3) is 0 Å². The molecule has 0 fully saturated rings. The molecule has 0 rings (SSSR count). The fraction of sp³-hybridized carbons (Fsp3) is 1.00. The second-order valence-electron chi connectivity index (χ2n) is 0.781. The van der Waals surface area contributed by atoms with Crippen LogP contribution >= 0.6 is 11.8 Å². The minimum absolute atomic E-state index is 0. The first-order valence-electron chi connectivity index (χ1n) is 1.99. The van der Waals surface area contributed by atoms with Crippen molar-refractivity contribution in [3.63, 3.8) is 0 Å². The lowest BCUT2D eigenvalue weighted by Gasteiger charge is -1.80. The van der Waals surface area contributed by atoms with Crippen molar-refractivity contribution in [3.05, 3.63) is 0 Å². The van der Waals surface area contributed by atoms with Crippen LogP contribution in [0.1, 0.15) is 13.8 Å². The normalized spacial score (nSPS) is 7.00. The first-order chi connectivity index (χ1) is 2.41. The SMILES string of the molecule is CCSCC.[N]. The molecular formula is C4H10NS. The molecule has 0 aliphatic rings. The molecule has 2 heteroatoms. The van der Waals surface area contributed by atoms with Gasteiger partial charge in [-0.05, 0) is 11.5 Å². The van der Waals surface area contributed by atoms with Crippen molar-refractivity contribution in [2.75, 3.05) is 11.5 Å². The highest BCUT2D eigenvalue weighted by atomic mass is 32.2. The molecule has 0 heterocycles. The summed E-state index contributed by atoms with van der Waals surface area (Å²) >= 11 is 1.96. The lowest BCUT2D eigenvalue weighted by molar-refractivity contribution is 1.46. The molecule has 0 atom stereocenters. The van der Waals surface area contributed by atoms with E-state index in [0.29, 0.717) is 0 Å². The van der Waals surface area contributed by atoms with Crippen molar-refractivity contribution >= 4 is 11.8 Å². The molecule has 0 N–H and O–H groups in total. The Bertz CT molecular complexity index is 15.0. The number of thioether (sulfide) groups is 1. The molecule has 0 saturated carbocycles. The van der Waals surface area contributed by atoms with E-state index in [4.69, 9.17) is 0 Å². The van der Waals surface area contributed by atoms with Gasteiger partial charge < -0.3 is 0 Å². The van der Waals surface area contributed by atoms with E-state index in [1.54, 1.807) is 0 Å². The molecule has 0 bridgehead atoms. The van der Waals surface area contributed by atoms with Crippen LogP contribution in [0.5, 0.6) is 0 Å². The lowest BCUT2D eigenvalue weighted by Crippen LogP contribution is -1.64. The Morgan fingerprint density at radius 3 is 1.50 bits per heavy atom. The molecule has 37 valence electrons. The van der Waals surface area contributed by atoms with E-state index in [0.717, 1.165) is 0 Å². The summed E-state index contributed by atoms with van der Waals surface area (Å²) in [6, 6.07) is 0. The molecule has 0 spiro atoms. The summed E-state index contributed by atoms with van der Waals surface area (Å²) in [7, 11) is 0. The van der Waals surface area contributed by atoms with E-state index in [1.807, 2.05) is 11.8 Å². The van der Waals surface area contributed by atoms with E-state index in [9.17, 15) is 0 Å². The zero-order valence-corrected chi connectivity index (χ0v) is 5.09. The van der Waals surface area contributed by atoms with E-state index < -0.39 is 0 Å². The van der Waals surface area contributed by atoms with Gasteiger partial charge >= 0.3 is 0 Å². The summed E-state index contributed by atoms with van der Waals surface area (Å²) in [6.07, 6.45) is 0. The Hall–Kier alpha value is 0.310. The van der Waals surface area contributed by atoms with Crippen LogP contribution in [0.4, 0.5) is 0 Å². The monoisotopic (exact) mass is 104 g/mol. The Kier molecular flexibility index (Phi) is 14.4. The van der Waals surface area contributed by atoms with Crippen LogP contribution in [0.25, 0.3) is 0 Å². The van der Waals surface area contributed by atoms with Gasteiger partial charge in [-0.25, -0.2) is 0 Å². The molecule has 0 aromatic carbocycles. The van der Waals surface area contributed by atoms with Crippen molar-refractivity contribution in [1.29, 1.82) is 0 Å². The lowest BCUT2D eigenvalue weighted by atomic mass is 11.0. The molecule has 0 saturated heterocycles. The van der Waals surface area contributed by atoms with Crippen molar-refractivity contribution in [2.24, 2.45) is 0 Å². The topological polar surface area (TPSA) is 30.5 Å². The maximum absolute atomic E-state index is 2.17. The third-order valence-electron chi connectivity index (χ3n) is 0.408. The summed E-state index contributed by atoms with van der Waals surface area (Å²) in [5.74, 6) is 2.52. The van der Waals surface area contributed by atoms with Crippen LogP contribution in [-0.4, -0.2) is 11.5 Å². The van der Waals surface area contributed by atoms with Gasteiger partial charge in [0.2, 0.25) is 0 Å². The van der Waals surface area contributed by atoms with Crippen molar-refractivity contribution < 1.29 is 0 Å². The van der Waals surface area contributed by atoms with Gasteiger partial charge in [-0.15, -0.1) is 0 Å². The Balaban J connectivity index is 0. The summed E-state index contributed by atoms with van der Waals surface area (Å²) < 4.78 is 0. The van der Waals surface area contributed by atoms with E-state index >= 15 is 0 Å². The van der Waals surface area contributed by atoms with Crippen LogP contribution in [0.15, 0.2) is 0 Å². The maximum Gasteiger partial charge on any atom is 0 e. The predicted molar refractivity (Wildman–Crippen MR) is 30.8 cm³/mol. The largest absolute Gasteiger partial charge is 0.163 e. The maximum atomic E-state index is 2.17. The first kappa shape index (κ1) is 9.58. The van der Waals surface area contributed by atoms with Crippen LogP contribution in [0.2, 0.25) is 0 Å². The molecule has 0 aromatic heterocycles. The second-order valence-corrected chi connectivity index (χ2v) is 2.34. The first-order valence-corrected chi connectivity index (χ1v) is 3.15. The summed E-state index contributed by atoms with van der Waals surface area (Å²) in [4.78, 5) is 0. The van der Waals surface area contributed by atoms with Crippen LogP contribution < -0.4 is 6.15 Å². The van der Waals surface area contributed by atoms with E-state index in [2.05, 4.69) is 13.8 Å². The van der Waals surface area contributed by atoms with Crippen LogP contribution in [0.3, 0.4) is 0 Å². The number of rotatable bonds is 2. The van der Waals surface area contributed by atoms with Crippen molar-refractivity contribution in [3.8, 4) is 0 Å². The average Bonchev–Trinajstić information content (AvgIpc) is 1.41. The summed E-state index contributed by atoms with van der Waals surface area (Å²) in [6.45, 7) is 4.35. The van der Waals surface area contributed by atoms with Crippen molar-refractivity contribution in [1.82, 2.24) is 6.15 Å². The molecule has 0 aliphatic heterocycles. The fourth-order valence-electron chi connectivity index (χ4n) is 0.204. The molecule has 0 aromatic rings. The van der Waals surface area contributed by atoms with Crippen LogP contribution in [-0.2, 0) is 0 Å². The van der Waals surface area contributed by atoms with Gasteiger partial charge in [-0.1, -0.05) is 13.8 Å². The highest BCUT2D eigenvalue weighted by Crippen LogP contribution is 1.93.